The van der Waals surface area contributed by atoms with Crippen LogP contribution in [0.3, 0.4) is 0 Å². The predicted octanol–water partition coefficient (Wildman–Crippen LogP) is 2.76. The second kappa shape index (κ2) is 13.3. The molecule has 0 unspecified atom stereocenters. The van der Waals surface area contributed by atoms with E-state index < -0.39 is 0 Å². The molecule has 10 heteroatoms. The Morgan fingerprint density at radius 2 is 1.79 bits per heavy atom. The highest BCUT2D eigenvalue weighted by atomic mass is 19.1. The maximum absolute atomic E-state index is 14.2. The second-order valence-electron chi connectivity index (χ2n) is 12.7. The summed E-state index contributed by atoms with van der Waals surface area (Å²) in [5, 5.41) is 3.63. The molecule has 0 radical (unpaired) electrons. The van der Waals surface area contributed by atoms with Crippen molar-refractivity contribution in [3.63, 3.8) is 0 Å². The lowest BCUT2D eigenvalue weighted by Gasteiger charge is -2.46. The van der Waals surface area contributed by atoms with Gasteiger partial charge in [-0.05, 0) is 77.5 Å². The molecule has 0 spiro atoms. The zero-order chi connectivity index (χ0) is 30.0. The van der Waals surface area contributed by atoms with E-state index in [1.807, 2.05) is 25.9 Å². The minimum atomic E-state index is -0.257. The number of hydrogen-bond acceptors (Lipinski definition) is 8. The molecule has 0 aliphatic carbocycles. The van der Waals surface area contributed by atoms with E-state index in [0.717, 1.165) is 49.7 Å². The van der Waals surface area contributed by atoms with E-state index >= 15 is 0 Å². The lowest BCUT2D eigenvalue weighted by Crippen LogP contribution is -2.63. The van der Waals surface area contributed by atoms with E-state index in [4.69, 9.17) is 14.5 Å². The van der Waals surface area contributed by atoms with Crippen molar-refractivity contribution in [3.05, 3.63) is 53.0 Å². The van der Waals surface area contributed by atoms with Gasteiger partial charge in [0.2, 0.25) is 11.8 Å². The number of piperazine rings is 1. The molecule has 1 N–H and O–H groups in total. The van der Waals surface area contributed by atoms with E-state index in [0.29, 0.717) is 55.8 Å². The second-order valence-corrected chi connectivity index (χ2v) is 12.7. The van der Waals surface area contributed by atoms with Crippen molar-refractivity contribution in [2.75, 3.05) is 65.0 Å². The van der Waals surface area contributed by atoms with E-state index in [2.05, 4.69) is 46.9 Å². The van der Waals surface area contributed by atoms with E-state index in [9.17, 15) is 9.18 Å². The number of carbonyl (C=O) groups is 1. The van der Waals surface area contributed by atoms with Crippen LogP contribution in [0.15, 0.2) is 30.3 Å². The zero-order valence-corrected chi connectivity index (χ0v) is 26.0. The van der Waals surface area contributed by atoms with Gasteiger partial charge in [-0.15, -0.1) is 0 Å². The summed E-state index contributed by atoms with van der Waals surface area (Å²) < 4.78 is 25.5. The molecule has 2 fully saturated rings. The van der Waals surface area contributed by atoms with Gasteiger partial charge in [0.25, 0.3) is 0 Å². The molecule has 42 heavy (non-hydrogen) atoms. The molecular weight excluding hydrogens is 535 g/mol. The molecule has 2 aromatic rings. The maximum atomic E-state index is 14.2. The van der Waals surface area contributed by atoms with Crippen molar-refractivity contribution >= 4 is 11.6 Å². The van der Waals surface area contributed by atoms with Gasteiger partial charge in [-0.1, -0.05) is 12.1 Å². The van der Waals surface area contributed by atoms with E-state index in [-0.39, 0.29) is 23.8 Å². The highest BCUT2D eigenvalue weighted by Crippen LogP contribution is 2.35. The Labute approximate surface area is 249 Å². The van der Waals surface area contributed by atoms with Gasteiger partial charge in [0, 0.05) is 50.3 Å². The minimum absolute atomic E-state index is 0.0594. The number of anilines is 1. The van der Waals surface area contributed by atoms with Crippen LogP contribution in [0.2, 0.25) is 0 Å². The number of aromatic nitrogens is 1. The number of amides is 1. The summed E-state index contributed by atoms with van der Waals surface area (Å²) in [5.41, 5.74) is 3.61. The molecule has 9 nitrogen and oxygen atoms in total. The highest BCUT2D eigenvalue weighted by molar-refractivity contribution is 5.97. The summed E-state index contributed by atoms with van der Waals surface area (Å²) in [6, 6.07) is 9.73. The third-order valence-electron chi connectivity index (χ3n) is 8.68. The lowest BCUT2D eigenvalue weighted by molar-refractivity contribution is -0.122. The first-order chi connectivity index (χ1) is 20.1. The van der Waals surface area contributed by atoms with Crippen molar-refractivity contribution in [1.82, 2.24) is 25.0 Å². The molecular formula is C32H47FN6O3. The van der Waals surface area contributed by atoms with Gasteiger partial charge in [-0.3, -0.25) is 14.6 Å². The average molecular weight is 583 g/mol. The number of ether oxygens (including phenoxy) is 2. The number of carbonyl (C=O) groups excluding carboxylic acids is 1. The molecule has 5 atom stereocenters. The summed E-state index contributed by atoms with van der Waals surface area (Å²) in [4.78, 5) is 27.9. The van der Waals surface area contributed by atoms with Crippen LogP contribution in [-0.4, -0.2) is 116 Å². The Morgan fingerprint density at radius 3 is 2.48 bits per heavy atom. The fourth-order valence-electron chi connectivity index (χ4n) is 6.44. The minimum Gasteiger partial charge on any atom is -0.474 e. The maximum Gasteiger partial charge on any atom is 0.241 e. The van der Waals surface area contributed by atoms with Gasteiger partial charge in [0.15, 0.2) is 0 Å². The fourth-order valence-corrected chi connectivity index (χ4v) is 6.44. The van der Waals surface area contributed by atoms with Crippen LogP contribution < -0.4 is 15.0 Å². The van der Waals surface area contributed by atoms with Gasteiger partial charge in [0.05, 0.1) is 31.5 Å². The molecule has 1 aromatic carbocycles. The van der Waals surface area contributed by atoms with Crippen molar-refractivity contribution in [2.24, 2.45) is 0 Å². The Morgan fingerprint density at radius 1 is 1.07 bits per heavy atom. The van der Waals surface area contributed by atoms with Crippen molar-refractivity contribution in [3.8, 4) is 5.88 Å². The van der Waals surface area contributed by atoms with Gasteiger partial charge in [-0.2, -0.15) is 0 Å². The summed E-state index contributed by atoms with van der Waals surface area (Å²) in [5.74, 6) is 0.305. The van der Waals surface area contributed by atoms with Gasteiger partial charge < -0.3 is 24.6 Å². The van der Waals surface area contributed by atoms with Crippen LogP contribution in [0.25, 0.3) is 0 Å². The highest BCUT2D eigenvalue weighted by Gasteiger charge is 2.37. The van der Waals surface area contributed by atoms with Gasteiger partial charge >= 0.3 is 0 Å². The van der Waals surface area contributed by atoms with Crippen LogP contribution in [0.4, 0.5) is 10.1 Å². The molecule has 0 saturated carbocycles. The molecule has 1 amide bonds. The number of nitrogens with zero attached hydrogens (tertiary/aromatic N) is 5. The van der Waals surface area contributed by atoms with Crippen molar-refractivity contribution in [1.29, 1.82) is 0 Å². The molecule has 5 rings (SSSR count). The summed E-state index contributed by atoms with van der Waals surface area (Å²) >= 11 is 0. The Kier molecular flexibility index (Phi) is 9.79. The zero-order valence-electron chi connectivity index (χ0n) is 26.0. The number of benzene rings is 1. The standard InChI is InChI=1S/C32H47FN6O3/c1-21-14-37(28(13-34-21)15-38-22(2)18-41-19-23(38)3)17-31(40)39-24(4)20-42-32-30(39)12-26(29(35-32)16-36(5)6)11-25-7-9-27(33)10-8-25/h7-10,12,21-24,28,34H,11,13-20H2,1-6H3/t21-,22-,23-,24+,28-/m1/s1. The first-order valence-electron chi connectivity index (χ1n) is 15.3. The Balaban J connectivity index is 1.40. The molecule has 0 bridgehead atoms. The predicted molar refractivity (Wildman–Crippen MR) is 163 cm³/mol. The number of morpholine rings is 1. The topological polar surface area (TPSA) is 73.4 Å². The lowest BCUT2D eigenvalue weighted by atomic mass is 10.0. The quantitative estimate of drug-likeness (QED) is 0.510. The third-order valence-corrected chi connectivity index (χ3v) is 8.68. The van der Waals surface area contributed by atoms with E-state index in [1.54, 1.807) is 12.1 Å². The normalized spacial score (nSPS) is 27.1. The molecule has 4 heterocycles. The molecule has 3 aliphatic heterocycles. The molecule has 1 aromatic heterocycles. The van der Waals surface area contributed by atoms with Crippen LogP contribution in [0, 0.1) is 5.82 Å². The number of nitrogens with one attached hydrogen (secondary N) is 1. The van der Waals surface area contributed by atoms with Crippen LogP contribution in [-0.2, 0) is 22.5 Å². The molecule has 230 valence electrons. The van der Waals surface area contributed by atoms with Gasteiger partial charge in [0.1, 0.15) is 18.1 Å². The molecule has 3 aliphatic rings. The first-order valence-corrected chi connectivity index (χ1v) is 15.3. The number of halogens is 1. The van der Waals surface area contributed by atoms with E-state index in [1.165, 1.54) is 12.1 Å². The number of fused-ring (bicyclic) bond motifs is 1. The average Bonchev–Trinajstić information content (AvgIpc) is 2.93. The Hall–Kier alpha value is -2.63. The van der Waals surface area contributed by atoms with Crippen molar-refractivity contribution < 1.29 is 18.7 Å². The van der Waals surface area contributed by atoms with Crippen LogP contribution >= 0.6 is 0 Å². The summed E-state index contributed by atoms with van der Waals surface area (Å²) in [7, 11) is 4.01. The summed E-state index contributed by atoms with van der Waals surface area (Å²) in [6.45, 7) is 14.0. The SMILES string of the molecule is C[C@@H]1CN(CC(=O)N2c3cc(Cc4ccc(F)cc4)c(CN(C)C)nc3OC[C@@H]2C)[C@@H](CN2[C@H](C)COC[C@H]2C)CN1. The number of rotatable bonds is 8. The Bertz CT molecular complexity index is 1220. The van der Waals surface area contributed by atoms with Crippen LogP contribution in [0.1, 0.15) is 44.5 Å². The molecule has 2 saturated heterocycles. The smallest absolute Gasteiger partial charge is 0.241 e. The largest absolute Gasteiger partial charge is 0.474 e. The van der Waals surface area contributed by atoms with Crippen LogP contribution in [0.5, 0.6) is 5.88 Å². The first kappa shape index (κ1) is 30.8. The van der Waals surface area contributed by atoms with Crippen molar-refractivity contribution in [2.45, 2.75) is 70.9 Å². The third kappa shape index (κ3) is 7.11. The number of pyridine rings is 1. The summed E-state index contributed by atoms with van der Waals surface area (Å²) in [6.07, 6.45) is 0.591. The fraction of sp³-hybridized carbons (Fsp3) is 0.625. The monoisotopic (exact) mass is 582 g/mol. The number of hydrogen-bond donors (Lipinski definition) is 1. The van der Waals surface area contributed by atoms with Gasteiger partial charge in [-0.25, -0.2) is 9.37 Å².